The zero-order valence-corrected chi connectivity index (χ0v) is 13.7. The molecular weight excluding hydrogens is 316 g/mol. The van der Waals surface area contributed by atoms with Crippen molar-refractivity contribution in [1.82, 2.24) is 24.6 Å². The van der Waals surface area contributed by atoms with E-state index < -0.39 is 0 Å². The lowest BCUT2D eigenvalue weighted by atomic mass is 10.1. The zero-order chi connectivity index (χ0) is 17.1. The van der Waals surface area contributed by atoms with E-state index in [2.05, 4.69) is 20.0 Å². The van der Waals surface area contributed by atoms with E-state index in [1.807, 2.05) is 41.4 Å². The normalized spacial score (nSPS) is 14.6. The smallest absolute Gasteiger partial charge is 0.253 e. The van der Waals surface area contributed by atoms with Gasteiger partial charge in [0.15, 0.2) is 0 Å². The van der Waals surface area contributed by atoms with Crippen molar-refractivity contribution < 1.29 is 4.79 Å². The van der Waals surface area contributed by atoms with E-state index in [1.165, 1.54) is 0 Å². The molecule has 25 heavy (non-hydrogen) atoms. The van der Waals surface area contributed by atoms with Crippen molar-refractivity contribution in [3.63, 3.8) is 0 Å². The monoisotopic (exact) mass is 334 g/mol. The highest BCUT2D eigenvalue weighted by molar-refractivity contribution is 5.94. The van der Waals surface area contributed by atoms with Gasteiger partial charge in [0, 0.05) is 56.5 Å². The molecule has 7 nitrogen and oxygen atoms in total. The Balaban J connectivity index is 1.40. The summed E-state index contributed by atoms with van der Waals surface area (Å²) in [5.74, 6) is 0.777. The molecule has 0 aliphatic carbocycles. The number of benzene rings is 1. The first-order chi connectivity index (χ1) is 12.3. The molecule has 1 aliphatic heterocycles. The van der Waals surface area contributed by atoms with Crippen LogP contribution in [-0.4, -0.2) is 56.7 Å². The minimum atomic E-state index is 0.0562. The molecule has 1 aromatic carbocycles. The van der Waals surface area contributed by atoms with Gasteiger partial charge in [-0.3, -0.25) is 4.79 Å². The summed E-state index contributed by atoms with van der Waals surface area (Å²) in [6, 6.07) is 11.2. The van der Waals surface area contributed by atoms with Crippen LogP contribution in [0.5, 0.6) is 0 Å². The molecule has 2 aromatic heterocycles. The number of anilines is 1. The van der Waals surface area contributed by atoms with Crippen LogP contribution in [0.1, 0.15) is 10.4 Å². The molecule has 7 heteroatoms. The standard InChI is InChI=1S/C18H18N6O/c25-17(15-3-5-16(6-4-15)24-10-2-9-21-24)22-11-13-23(14-12-22)18-19-7-1-8-20-18/h1-10H,11-14H2. The van der Waals surface area contributed by atoms with Crippen LogP contribution in [0, 0.1) is 0 Å². The highest BCUT2D eigenvalue weighted by Gasteiger charge is 2.23. The SMILES string of the molecule is O=C(c1ccc(-n2cccn2)cc1)N1CCN(c2ncccn2)CC1. The minimum absolute atomic E-state index is 0.0562. The van der Waals surface area contributed by atoms with Crippen molar-refractivity contribution in [2.24, 2.45) is 0 Å². The van der Waals surface area contributed by atoms with Gasteiger partial charge in [0.05, 0.1) is 5.69 Å². The van der Waals surface area contributed by atoms with Crippen LogP contribution in [0.3, 0.4) is 0 Å². The number of hydrogen-bond donors (Lipinski definition) is 0. The summed E-state index contributed by atoms with van der Waals surface area (Å²) >= 11 is 0. The van der Waals surface area contributed by atoms with Gasteiger partial charge in [0.25, 0.3) is 5.91 Å². The molecule has 0 radical (unpaired) electrons. The van der Waals surface area contributed by atoms with Crippen LogP contribution in [0.25, 0.3) is 5.69 Å². The maximum atomic E-state index is 12.7. The predicted molar refractivity (Wildman–Crippen MR) is 93.7 cm³/mol. The second-order valence-corrected chi connectivity index (χ2v) is 5.83. The topological polar surface area (TPSA) is 67.2 Å². The Morgan fingerprint density at radius 2 is 1.60 bits per heavy atom. The molecule has 3 heterocycles. The van der Waals surface area contributed by atoms with Crippen molar-refractivity contribution in [3.05, 3.63) is 66.7 Å². The third kappa shape index (κ3) is 3.21. The van der Waals surface area contributed by atoms with Crippen LogP contribution >= 0.6 is 0 Å². The van der Waals surface area contributed by atoms with Crippen LogP contribution in [0.2, 0.25) is 0 Å². The van der Waals surface area contributed by atoms with E-state index >= 15 is 0 Å². The van der Waals surface area contributed by atoms with Crippen molar-refractivity contribution >= 4 is 11.9 Å². The maximum Gasteiger partial charge on any atom is 0.253 e. The predicted octanol–water partition coefficient (Wildman–Crippen LogP) is 1.62. The first-order valence-corrected chi connectivity index (χ1v) is 8.22. The van der Waals surface area contributed by atoms with Gasteiger partial charge < -0.3 is 9.80 Å². The van der Waals surface area contributed by atoms with Gasteiger partial charge in [-0.15, -0.1) is 0 Å². The molecule has 126 valence electrons. The third-order valence-electron chi connectivity index (χ3n) is 4.29. The molecule has 3 aromatic rings. The zero-order valence-electron chi connectivity index (χ0n) is 13.7. The number of carbonyl (C=O) groups excluding carboxylic acids is 1. The van der Waals surface area contributed by atoms with Gasteiger partial charge >= 0.3 is 0 Å². The van der Waals surface area contributed by atoms with Crippen LogP contribution in [0.15, 0.2) is 61.2 Å². The quantitative estimate of drug-likeness (QED) is 0.728. The van der Waals surface area contributed by atoms with Crippen LogP contribution < -0.4 is 4.90 Å². The number of hydrogen-bond acceptors (Lipinski definition) is 5. The number of carbonyl (C=O) groups is 1. The summed E-state index contributed by atoms with van der Waals surface area (Å²) in [4.78, 5) is 25.2. The molecule has 1 fully saturated rings. The fraction of sp³-hybridized carbons (Fsp3) is 0.222. The first kappa shape index (κ1) is 15.3. The van der Waals surface area contributed by atoms with Crippen molar-refractivity contribution in [1.29, 1.82) is 0 Å². The molecule has 0 atom stereocenters. The number of nitrogens with zero attached hydrogens (tertiary/aromatic N) is 6. The van der Waals surface area contributed by atoms with Gasteiger partial charge in [-0.25, -0.2) is 14.6 Å². The molecule has 0 bridgehead atoms. The van der Waals surface area contributed by atoms with E-state index in [4.69, 9.17) is 0 Å². The molecule has 0 unspecified atom stereocenters. The molecule has 1 saturated heterocycles. The van der Waals surface area contributed by atoms with Crippen LogP contribution in [-0.2, 0) is 0 Å². The van der Waals surface area contributed by atoms with E-state index in [0.29, 0.717) is 18.7 Å². The highest BCUT2D eigenvalue weighted by atomic mass is 16.2. The Morgan fingerprint density at radius 3 is 2.24 bits per heavy atom. The average Bonchev–Trinajstić information content (AvgIpc) is 3.23. The summed E-state index contributed by atoms with van der Waals surface area (Å²) in [5, 5.41) is 4.19. The van der Waals surface area contributed by atoms with Crippen molar-refractivity contribution in [2.45, 2.75) is 0 Å². The second-order valence-electron chi connectivity index (χ2n) is 5.83. The summed E-state index contributed by atoms with van der Waals surface area (Å²) in [5.41, 5.74) is 1.63. The van der Waals surface area contributed by atoms with Gasteiger partial charge in [-0.05, 0) is 36.4 Å². The Hall–Kier alpha value is -3.22. The summed E-state index contributed by atoms with van der Waals surface area (Å²) in [6.07, 6.45) is 7.08. The van der Waals surface area contributed by atoms with Crippen molar-refractivity contribution in [3.8, 4) is 5.69 Å². The fourth-order valence-corrected chi connectivity index (χ4v) is 2.92. The van der Waals surface area contributed by atoms with Gasteiger partial charge in [-0.1, -0.05) is 0 Å². The van der Waals surface area contributed by atoms with E-state index in [1.54, 1.807) is 29.3 Å². The largest absolute Gasteiger partial charge is 0.337 e. The number of aromatic nitrogens is 4. The number of piperazine rings is 1. The maximum absolute atomic E-state index is 12.7. The van der Waals surface area contributed by atoms with E-state index in [0.717, 1.165) is 24.7 Å². The van der Waals surface area contributed by atoms with Crippen molar-refractivity contribution in [2.75, 3.05) is 31.1 Å². The van der Waals surface area contributed by atoms with Crippen LogP contribution in [0.4, 0.5) is 5.95 Å². The Morgan fingerprint density at radius 1 is 0.880 bits per heavy atom. The van der Waals surface area contributed by atoms with Gasteiger partial charge in [0.2, 0.25) is 5.95 Å². The summed E-state index contributed by atoms with van der Waals surface area (Å²) in [6.45, 7) is 2.80. The summed E-state index contributed by atoms with van der Waals surface area (Å²) < 4.78 is 1.77. The Kier molecular flexibility index (Phi) is 4.12. The van der Waals surface area contributed by atoms with E-state index in [9.17, 15) is 4.79 Å². The van der Waals surface area contributed by atoms with Gasteiger partial charge in [-0.2, -0.15) is 5.10 Å². The molecular formula is C18H18N6O. The Labute approximate surface area is 145 Å². The summed E-state index contributed by atoms with van der Waals surface area (Å²) in [7, 11) is 0. The molecule has 1 aliphatic rings. The number of amides is 1. The lowest BCUT2D eigenvalue weighted by Crippen LogP contribution is -2.49. The molecule has 0 saturated carbocycles. The highest BCUT2D eigenvalue weighted by Crippen LogP contribution is 2.14. The second kappa shape index (κ2) is 6.72. The lowest BCUT2D eigenvalue weighted by molar-refractivity contribution is 0.0746. The molecule has 4 rings (SSSR count). The van der Waals surface area contributed by atoms with E-state index in [-0.39, 0.29) is 5.91 Å². The Bertz CT molecular complexity index is 824. The fourth-order valence-electron chi connectivity index (χ4n) is 2.92. The lowest BCUT2D eigenvalue weighted by Gasteiger charge is -2.34. The molecule has 0 spiro atoms. The first-order valence-electron chi connectivity index (χ1n) is 8.22. The average molecular weight is 334 g/mol. The minimum Gasteiger partial charge on any atom is -0.337 e. The molecule has 1 amide bonds. The number of rotatable bonds is 3. The third-order valence-corrected chi connectivity index (χ3v) is 4.29. The van der Waals surface area contributed by atoms with Gasteiger partial charge in [0.1, 0.15) is 0 Å². The molecule has 0 N–H and O–H groups in total.